The van der Waals surface area contributed by atoms with E-state index in [4.69, 9.17) is 5.11 Å². The first-order chi connectivity index (χ1) is 10.4. The molecule has 0 aromatic carbocycles. The van der Waals surface area contributed by atoms with Crippen LogP contribution in [0.3, 0.4) is 0 Å². The van der Waals surface area contributed by atoms with Crippen molar-refractivity contribution in [2.24, 2.45) is 0 Å². The van der Waals surface area contributed by atoms with Gasteiger partial charge in [-0.25, -0.2) is 4.79 Å². The Morgan fingerprint density at radius 2 is 2.00 bits per heavy atom. The lowest BCUT2D eigenvalue weighted by atomic mass is 9.85. The molecular weight excluding hydrogens is 282 g/mol. The summed E-state index contributed by atoms with van der Waals surface area (Å²) < 4.78 is 0. The molecule has 0 atom stereocenters. The van der Waals surface area contributed by atoms with Gasteiger partial charge >= 0.3 is 12.0 Å². The van der Waals surface area contributed by atoms with Gasteiger partial charge in [-0.05, 0) is 39.7 Å². The summed E-state index contributed by atoms with van der Waals surface area (Å²) in [6, 6.07) is 0.459. The van der Waals surface area contributed by atoms with Crippen molar-refractivity contribution >= 4 is 12.0 Å². The minimum absolute atomic E-state index is 0.0107. The lowest BCUT2D eigenvalue weighted by Crippen LogP contribution is -2.57. The van der Waals surface area contributed by atoms with E-state index in [2.05, 4.69) is 19.2 Å². The zero-order valence-electron chi connectivity index (χ0n) is 13.8. The molecule has 2 amide bonds. The summed E-state index contributed by atoms with van der Waals surface area (Å²) in [7, 11) is 0. The number of amides is 2. The number of rotatable bonds is 5. The van der Waals surface area contributed by atoms with Gasteiger partial charge in [-0.3, -0.25) is 9.69 Å². The van der Waals surface area contributed by atoms with Crippen LogP contribution in [0.5, 0.6) is 0 Å². The molecule has 1 heterocycles. The summed E-state index contributed by atoms with van der Waals surface area (Å²) in [5.41, 5.74) is 2.67. The Labute approximate surface area is 132 Å². The van der Waals surface area contributed by atoms with Crippen LogP contribution in [0.1, 0.15) is 40.0 Å². The van der Waals surface area contributed by atoms with Crippen LogP contribution in [0.4, 0.5) is 4.79 Å². The number of nitrogens with zero attached hydrogens (tertiary/aromatic N) is 2. The quantitative estimate of drug-likeness (QED) is 0.758. The molecule has 22 heavy (non-hydrogen) atoms. The predicted molar refractivity (Wildman–Crippen MR) is 84.8 cm³/mol. The number of hydrogen-bond donors (Lipinski definition) is 2. The van der Waals surface area contributed by atoms with Gasteiger partial charge in [0.05, 0.1) is 6.54 Å². The van der Waals surface area contributed by atoms with Crippen molar-refractivity contribution in [3.8, 4) is 0 Å². The Bertz CT molecular complexity index is 469. The second kappa shape index (κ2) is 7.13. The molecule has 2 aliphatic rings. The maximum Gasteiger partial charge on any atom is 0.317 e. The van der Waals surface area contributed by atoms with Crippen molar-refractivity contribution in [2.45, 2.75) is 52.1 Å². The predicted octanol–water partition coefficient (Wildman–Crippen LogP) is 1.68. The molecule has 0 radical (unpaired) electrons. The number of carboxylic acids is 1. The minimum Gasteiger partial charge on any atom is -0.480 e. The molecule has 0 aromatic heterocycles. The number of carboxylic acid groups (broad SMARTS) is 1. The zero-order chi connectivity index (χ0) is 16.3. The van der Waals surface area contributed by atoms with Gasteiger partial charge in [0.15, 0.2) is 0 Å². The summed E-state index contributed by atoms with van der Waals surface area (Å²) in [5, 5.41) is 12.0. The van der Waals surface area contributed by atoms with Crippen molar-refractivity contribution in [2.75, 3.05) is 26.2 Å². The van der Waals surface area contributed by atoms with Crippen molar-refractivity contribution in [1.29, 1.82) is 0 Å². The van der Waals surface area contributed by atoms with Crippen LogP contribution in [0, 0.1) is 0 Å². The Morgan fingerprint density at radius 3 is 2.55 bits per heavy atom. The highest BCUT2D eigenvalue weighted by Crippen LogP contribution is 2.26. The van der Waals surface area contributed by atoms with Crippen molar-refractivity contribution in [3.63, 3.8) is 0 Å². The van der Waals surface area contributed by atoms with Gasteiger partial charge in [0.25, 0.3) is 0 Å². The van der Waals surface area contributed by atoms with Crippen molar-refractivity contribution < 1.29 is 14.7 Å². The standard InChI is InChI=1S/C16H27N3O3/c1-4-18(10-15(20)21)14-7-13(8-14)17-16(22)19-6-5-11(2)12(3)9-19/h13-14H,4-10H2,1-3H3,(H,17,22)(H,20,21). The number of nitrogens with one attached hydrogen (secondary N) is 1. The maximum atomic E-state index is 12.3. The molecule has 1 saturated carbocycles. The van der Waals surface area contributed by atoms with Gasteiger partial charge in [0.2, 0.25) is 0 Å². The van der Waals surface area contributed by atoms with Crippen LogP contribution in [0.2, 0.25) is 0 Å². The Kier molecular flexibility index (Phi) is 5.45. The lowest BCUT2D eigenvalue weighted by molar-refractivity contribution is -0.139. The first kappa shape index (κ1) is 16.8. The molecule has 0 aromatic rings. The van der Waals surface area contributed by atoms with Crippen LogP contribution in [-0.4, -0.2) is 65.2 Å². The summed E-state index contributed by atoms with van der Waals surface area (Å²) >= 11 is 0. The largest absolute Gasteiger partial charge is 0.480 e. The maximum absolute atomic E-state index is 12.3. The van der Waals surface area contributed by atoms with Gasteiger partial charge in [-0.2, -0.15) is 0 Å². The first-order valence-electron chi connectivity index (χ1n) is 8.07. The smallest absolute Gasteiger partial charge is 0.317 e. The molecule has 0 unspecified atom stereocenters. The molecule has 2 rings (SSSR count). The second-order valence-electron chi connectivity index (χ2n) is 6.46. The molecule has 2 N–H and O–H groups in total. The highest BCUT2D eigenvalue weighted by atomic mass is 16.4. The van der Waals surface area contributed by atoms with Crippen LogP contribution < -0.4 is 5.32 Å². The second-order valence-corrected chi connectivity index (χ2v) is 6.46. The Morgan fingerprint density at radius 1 is 1.32 bits per heavy atom. The molecule has 0 bridgehead atoms. The van der Waals surface area contributed by atoms with Crippen LogP contribution in [0.25, 0.3) is 0 Å². The van der Waals surface area contributed by atoms with Crippen molar-refractivity contribution in [1.82, 2.24) is 15.1 Å². The number of aliphatic carboxylic acids is 1. The summed E-state index contributed by atoms with van der Waals surface area (Å²) in [6.07, 6.45) is 2.64. The number of likely N-dealkylation sites (N-methyl/N-ethyl adjacent to an activating group) is 1. The highest BCUT2D eigenvalue weighted by molar-refractivity contribution is 5.75. The van der Waals surface area contributed by atoms with E-state index in [1.807, 2.05) is 16.7 Å². The number of carbonyl (C=O) groups is 2. The fraction of sp³-hybridized carbons (Fsp3) is 0.750. The summed E-state index contributed by atoms with van der Waals surface area (Å²) in [4.78, 5) is 26.9. The van der Waals surface area contributed by atoms with E-state index in [0.29, 0.717) is 6.54 Å². The molecule has 124 valence electrons. The van der Waals surface area contributed by atoms with E-state index < -0.39 is 5.97 Å². The average Bonchev–Trinajstić information content (AvgIpc) is 2.42. The van der Waals surface area contributed by atoms with Crippen LogP contribution >= 0.6 is 0 Å². The lowest BCUT2D eigenvalue weighted by Gasteiger charge is -2.43. The fourth-order valence-electron chi connectivity index (χ4n) is 3.13. The highest BCUT2D eigenvalue weighted by Gasteiger charge is 2.35. The minimum atomic E-state index is -0.791. The molecule has 0 spiro atoms. The van der Waals surface area contributed by atoms with Crippen molar-refractivity contribution in [3.05, 3.63) is 11.1 Å². The normalized spacial score (nSPS) is 25.2. The number of urea groups is 1. The van der Waals surface area contributed by atoms with E-state index in [1.54, 1.807) is 0 Å². The molecular formula is C16H27N3O3. The Balaban J connectivity index is 1.75. The van der Waals surface area contributed by atoms with E-state index >= 15 is 0 Å². The van der Waals surface area contributed by atoms with Crippen LogP contribution in [-0.2, 0) is 4.79 Å². The van der Waals surface area contributed by atoms with E-state index in [9.17, 15) is 9.59 Å². The third-order valence-corrected chi connectivity index (χ3v) is 4.90. The Hall–Kier alpha value is -1.56. The topological polar surface area (TPSA) is 72.9 Å². The molecule has 1 fully saturated rings. The molecule has 1 aliphatic carbocycles. The van der Waals surface area contributed by atoms with Gasteiger partial charge in [0.1, 0.15) is 0 Å². The van der Waals surface area contributed by atoms with Gasteiger partial charge in [-0.15, -0.1) is 0 Å². The molecule has 0 saturated heterocycles. The fourth-order valence-corrected chi connectivity index (χ4v) is 3.13. The first-order valence-corrected chi connectivity index (χ1v) is 8.07. The van der Waals surface area contributed by atoms with Crippen LogP contribution in [0.15, 0.2) is 11.1 Å². The van der Waals surface area contributed by atoms with Gasteiger partial charge in [0, 0.05) is 25.2 Å². The van der Waals surface area contributed by atoms with Gasteiger partial charge in [-0.1, -0.05) is 18.1 Å². The molecule has 6 heteroatoms. The zero-order valence-corrected chi connectivity index (χ0v) is 13.8. The molecule has 6 nitrogen and oxygen atoms in total. The SMILES string of the molecule is CCN(CC(=O)O)C1CC(NC(=O)N2CCC(C)=C(C)C2)C1. The van der Waals surface area contributed by atoms with E-state index in [0.717, 1.165) is 32.4 Å². The summed E-state index contributed by atoms with van der Waals surface area (Å²) in [6.45, 7) is 8.49. The monoisotopic (exact) mass is 309 g/mol. The number of carbonyl (C=O) groups excluding carboxylic acids is 1. The third-order valence-electron chi connectivity index (χ3n) is 4.90. The van der Waals surface area contributed by atoms with Gasteiger partial charge < -0.3 is 15.3 Å². The average molecular weight is 309 g/mol. The third kappa shape index (κ3) is 4.00. The van der Waals surface area contributed by atoms with E-state index in [1.165, 1.54) is 11.1 Å². The van der Waals surface area contributed by atoms with E-state index in [-0.39, 0.29) is 24.7 Å². The summed E-state index contributed by atoms with van der Waals surface area (Å²) in [5.74, 6) is -0.791. The molecule has 1 aliphatic heterocycles. The number of hydrogen-bond acceptors (Lipinski definition) is 3.